The van der Waals surface area contributed by atoms with Crippen LogP contribution in [0, 0.1) is 0 Å². The van der Waals surface area contributed by atoms with E-state index in [1.54, 1.807) is 0 Å². The van der Waals surface area contributed by atoms with Gasteiger partial charge in [-0.1, -0.05) is 109 Å². The lowest BCUT2D eigenvalue weighted by Gasteiger charge is -2.28. The van der Waals surface area contributed by atoms with Crippen molar-refractivity contribution in [2.24, 2.45) is 0 Å². The number of nitrogens with zero attached hydrogens (tertiary/aromatic N) is 1. The van der Waals surface area contributed by atoms with E-state index in [-0.39, 0.29) is 0 Å². The van der Waals surface area contributed by atoms with Gasteiger partial charge < -0.3 is 13.7 Å². The minimum Gasteiger partial charge on any atom is -0.456 e. The van der Waals surface area contributed by atoms with Crippen molar-refractivity contribution < 1.29 is 8.83 Å². The van der Waals surface area contributed by atoms with Crippen LogP contribution in [0.5, 0.6) is 0 Å². The summed E-state index contributed by atoms with van der Waals surface area (Å²) in [4.78, 5) is 2.35. The van der Waals surface area contributed by atoms with Gasteiger partial charge in [0.05, 0.1) is 11.4 Å². The van der Waals surface area contributed by atoms with Gasteiger partial charge in [0.2, 0.25) is 0 Å². The normalized spacial score (nSPS) is 13.2. The van der Waals surface area contributed by atoms with Crippen LogP contribution in [0.25, 0.3) is 71.3 Å². The molecule has 0 fully saturated rings. The smallest absolute Gasteiger partial charge is 0.159 e. The van der Waals surface area contributed by atoms with Crippen molar-refractivity contribution in [1.29, 1.82) is 0 Å². The number of allylic oxidation sites excluding steroid dienone is 4. The number of hydrogen-bond acceptors (Lipinski definition) is 3. The Kier molecular flexibility index (Phi) is 6.31. The molecule has 49 heavy (non-hydrogen) atoms. The summed E-state index contributed by atoms with van der Waals surface area (Å²) in [5.74, 6) is 0. The molecule has 0 atom stereocenters. The highest BCUT2D eigenvalue weighted by Crippen LogP contribution is 2.46. The highest BCUT2D eigenvalue weighted by atomic mass is 16.3. The van der Waals surface area contributed by atoms with Gasteiger partial charge in [-0.25, -0.2) is 0 Å². The van der Waals surface area contributed by atoms with E-state index in [9.17, 15) is 0 Å². The first-order chi connectivity index (χ1) is 24.3. The summed E-state index contributed by atoms with van der Waals surface area (Å²) >= 11 is 0. The summed E-state index contributed by atoms with van der Waals surface area (Å²) in [6.45, 7) is 0. The number of anilines is 3. The first-order valence-electron chi connectivity index (χ1n) is 16.9. The molecule has 2 aromatic heterocycles. The highest BCUT2D eigenvalue weighted by molar-refractivity contribution is 6.13. The van der Waals surface area contributed by atoms with Crippen LogP contribution >= 0.6 is 0 Å². The fourth-order valence-electron chi connectivity index (χ4n) is 7.49. The molecule has 7 aromatic carbocycles. The summed E-state index contributed by atoms with van der Waals surface area (Å²) in [5.41, 5.74) is 11.4. The van der Waals surface area contributed by atoms with Gasteiger partial charge in [0.15, 0.2) is 5.58 Å². The molecule has 0 amide bonds. The third-order valence-electron chi connectivity index (χ3n) is 9.87. The Morgan fingerprint density at radius 3 is 2.06 bits per heavy atom. The van der Waals surface area contributed by atoms with E-state index in [2.05, 4.69) is 157 Å². The van der Waals surface area contributed by atoms with Crippen LogP contribution < -0.4 is 4.90 Å². The molecule has 3 nitrogen and oxygen atoms in total. The molecule has 0 saturated heterocycles. The van der Waals surface area contributed by atoms with Crippen molar-refractivity contribution in [3.8, 4) is 11.1 Å². The SMILES string of the molecule is C1=CC(c2ccc(N(c3ccccc3-c3ccc4oc5cc6ccccc6cc5c4c3)c3cccc4c3oc3ccccc34)cc2)=CCC1. The van der Waals surface area contributed by atoms with Gasteiger partial charge in [-0.3, -0.25) is 0 Å². The van der Waals surface area contributed by atoms with Gasteiger partial charge in [-0.05, 0) is 94.9 Å². The Morgan fingerprint density at radius 2 is 1.18 bits per heavy atom. The van der Waals surface area contributed by atoms with E-state index in [1.165, 1.54) is 21.9 Å². The maximum atomic E-state index is 6.63. The zero-order valence-electron chi connectivity index (χ0n) is 26.8. The topological polar surface area (TPSA) is 29.5 Å². The average molecular weight is 630 g/mol. The largest absolute Gasteiger partial charge is 0.456 e. The number of fused-ring (bicyclic) bond motifs is 7. The number of para-hydroxylation sites is 3. The number of benzene rings is 7. The zero-order chi connectivity index (χ0) is 32.3. The van der Waals surface area contributed by atoms with E-state index < -0.39 is 0 Å². The van der Waals surface area contributed by atoms with Crippen molar-refractivity contribution in [1.82, 2.24) is 0 Å². The van der Waals surface area contributed by atoms with E-state index in [1.807, 2.05) is 12.1 Å². The van der Waals surface area contributed by atoms with Crippen molar-refractivity contribution in [2.75, 3.05) is 4.90 Å². The summed E-state index contributed by atoms with van der Waals surface area (Å²) < 4.78 is 13.0. The Hall–Kier alpha value is -6.32. The summed E-state index contributed by atoms with van der Waals surface area (Å²) in [7, 11) is 0. The van der Waals surface area contributed by atoms with Crippen molar-refractivity contribution >= 4 is 77.3 Å². The fourth-order valence-corrected chi connectivity index (χ4v) is 7.49. The average Bonchev–Trinajstić information content (AvgIpc) is 3.73. The maximum absolute atomic E-state index is 6.63. The molecule has 232 valence electrons. The van der Waals surface area contributed by atoms with Crippen molar-refractivity contribution in [2.45, 2.75) is 12.8 Å². The summed E-state index contributed by atoms with van der Waals surface area (Å²) in [6, 6.07) is 51.8. The standard InChI is InChI=1S/C46H31NO2/c1-2-11-30(12-3-1)31-21-24-35(25-22-31)47(42-19-10-17-38-37-16-7-9-20-43(37)49-46(38)42)41-18-8-6-15-36(41)34-23-26-44-39(28-34)40-27-32-13-4-5-14-33(32)29-45(40)48-44/h2,4-29H,1,3H2. The predicted octanol–water partition coefficient (Wildman–Crippen LogP) is 13.5. The van der Waals surface area contributed by atoms with Gasteiger partial charge in [0.1, 0.15) is 16.7 Å². The van der Waals surface area contributed by atoms with Crippen LogP contribution in [0.3, 0.4) is 0 Å². The molecule has 0 radical (unpaired) electrons. The molecular weight excluding hydrogens is 599 g/mol. The maximum Gasteiger partial charge on any atom is 0.159 e. The van der Waals surface area contributed by atoms with E-state index in [4.69, 9.17) is 8.83 Å². The molecule has 2 heterocycles. The molecule has 0 unspecified atom stereocenters. The van der Waals surface area contributed by atoms with Crippen LogP contribution in [-0.2, 0) is 0 Å². The minimum absolute atomic E-state index is 0.865. The van der Waals surface area contributed by atoms with Crippen LogP contribution in [0.1, 0.15) is 18.4 Å². The van der Waals surface area contributed by atoms with Gasteiger partial charge in [0.25, 0.3) is 0 Å². The first kappa shape index (κ1) is 27.8. The lowest BCUT2D eigenvalue weighted by molar-refractivity contribution is 0.669. The van der Waals surface area contributed by atoms with Gasteiger partial charge in [-0.2, -0.15) is 0 Å². The molecule has 0 spiro atoms. The van der Waals surface area contributed by atoms with Gasteiger partial charge >= 0.3 is 0 Å². The quantitative estimate of drug-likeness (QED) is 0.190. The fraction of sp³-hybridized carbons (Fsp3) is 0.0435. The highest BCUT2D eigenvalue weighted by Gasteiger charge is 2.22. The Balaban J connectivity index is 1.19. The summed E-state index contributed by atoms with van der Waals surface area (Å²) in [5, 5.41) is 6.83. The monoisotopic (exact) mass is 629 g/mol. The lowest BCUT2D eigenvalue weighted by atomic mass is 9.97. The molecular formula is C46H31NO2. The minimum atomic E-state index is 0.865. The zero-order valence-corrected chi connectivity index (χ0v) is 26.8. The summed E-state index contributed by atoms with van der Waals surface area (Å²) in [6.07, 6.45) is 9.00. The van der Waals surface area contributed by atoms with Crippen molar-refractivity contribution in [3.05, 3.63) is 169 Å². The molecule has 9 aromatic rings. The van der Waals surface area contributed by atoms with Gasteiger partial charge in [-0.15, -0.1) is 0 Å². The Labute approximate surface area is 283 Å². The molecule has 10 rings (SSSR count). The molecule has 0 bridgehead atoms. The third-order valence-corrected chi connectivity index (χ3v) is 9.87. The third kappa shape index (κ3) is 4.58. The van der Waals surface area contributed by atoms with Crippen molar-refractivity contribution in [3.63, 3.8) is 0 Å². The molecule has 0 saturated carbocycles. The second-order valence-corrected chi connectivity index (χ2v) is 12.8. The molecule has 3 heteroatoms. The first-order valence-corrected chi connectivity index (χ1v) is 16.9. The number of furan rings is 2. The number of rotatable bonds is 5. The van der Waals surface area contributed by atoms with E-state index in [0.29, 0.717) is 0 Å². The molecule has 0 aliphatic heterocycles. The van der Waals surface area contributed by atoms with E-state index >= 15 is 0 Å². The van der Waals surface area contributed by atoms with Gasteiger partial charge in [0, 0.05) is 32.8 Å². The van der Waals surface area contributed by atoms with Crippen LogP contribution in [0.2, 0.25) is 0 Å². The Bertz CT molecular complexity index is 2780. The second-order valence-electron chi connectivity index (χ2n) is 12.8. The molecule has 1 aliphatic carbocycles. The van der Waals surface area contributed by atoms with Crippen LogP contribution in [0.15, 0.2) is 173 Å². The molecule has 1 aliphatic rings. The number of hydrogen-bond donors (Lipinski definition) is 0. The second kappa shape index (κ2) is 11.1. The van der Waals surface area contributed by atoms with Crippen LogP contribution in [0.4, 0.5) is 17.1 Å². The predicted molar refractivity (Wildman–Crippen MR) is 205 cm³/mol. The molecule has 0 N–H and O–H groups in total. The van der Waals surface area contributed by atoms with E-state index in [0.717, 1.165) is 84.9 Å². The van der Waals surface area contributed by atoms with Crippen LogP contribution in [-0.4, -0.2) is 0 Å². The Morgan fingerprint density at radius 1 is 0.469 bits per heavy atom. The lowest BCUT2D eigenvalue weighted by Crippen LogP contribution is -2.11.